The second-order valence-corrected chi connectivity index (χ2v) is 9.46. The first-order valence-corrected chi connectivity index (χ1v) is 12.7. The van der Waals surface area contributed by atoms with Crippen molar-refractivity contribution in [2.45, 2.75) is 43.9 Å². The Bertz CT molecular complexity index is 1350. The van der Waals surface area contributed by atoms with Crippen molar-refractivity contribution in [3.05, 3.63) is 66.4 Å². The van der Waals surface area contributed by atoms with Crippen LogP contribution in [0.3, 0.4) is 0 Å². The summed E-state index contributed by atoms with van der Waals surface area (Å²) in [6.45, 7) is 4.33. The number of halogens is 6. The molecule has 1 saturated heterocycles. The molecule has 1 aromatic carbocycles. The van der Waals surface area contributed by atoms with Crippen LogP contribution in [0.4, 0.5) is 26.3 Å². The highest BCUT2D eigenvalue weighted by Gasteiger charge is 2.46. The number of carbonyl (C=O) groups is 2. The number of benzene rings is 1. The minimum atomic E-state index is -5.08. The summed E-state index contributed by atoms with van der Waals surface area (Å²) in [6.07, 6.45) is -2.57. The van der Waals surface area contributed by atoms with Crippen molar-refractivity contribution < 1.29 is 55.6 Å². The molecule has 1 fully saturated rings. The van der Waals surface area contributed by atoms with E-state index in [0.717, 1.165) is 56.0 Å². The largest absolute Gasteiger partial charge is 0.490 e. The maximum Gasteiger partial charge on any atom is 0.490 e. The van der Waals surface area contributed by atoms with Crippen molar-refractivity contribution in [1.29, 1.82) is 0 Å². The molecule has 0 aliphatic carbocycles. The summed E-state index contributed by atoms with van der Waals surface area (Å²) < 4.78 is 77.8. The molecule has 0 bridgehead atoms. The molecule has 0 saturated carbocycles. The zero-order valence-electron chi connectivity index (χ0n) is 22.7. The van der Waals surface area contributed by atoms with Crippen LogP contribution in [0.15, 0.2) is 55.1 Å². The van der Waals surface area contributed by atoms with Gasteiger partial charge in [0.15, 0.2) is 5.60 Å². The molecule has 3 aromatic rings. The van der Waals surface area contributed by atoms with E-state index in [2.05, 4.69) is 38.7 Å². The van der Waals surface area contributed by atoms with Gasteiger partial charge in [-0.05, 0) is 23.8 Å². The van der Waals surface area contributed by atoms with Gasteiger partial charge in [0.05, 0.1) is 24.3 Å². The maximum absolute atomic E-state index is 10.6. The number of aromatic nitrogens is 3. The Morgan fingerprint density at radius 2 is 1.60 bits per heavy atom. The molecule has 16 heteroatoms. The first-order valence-electron chi connectivity index (χ1n) is 12.7. The van der Waals surface area contributed by atoms with Gasteiger partial charge in [0.1, 0.15) is 5.75 Å². The molecule has 0 amide bonds. The van der Waals surface area contributed by atoms with Gasteiger partial charge in [0.25, 0.3) is 0 Å². The predicted molar refractivity (Wildman–Crippen MR) is 138 cm³/mol. The van der Waals surface area contributed by atoms with Gasteiger partial charge in [-0.25, -0.2) is 14.6 Å². The number of ether oxygens (including phenoxy) is 2. The lowest BCUT2D eigenvalue weighted by Crippen LogP contribution is -2.48. The molecule has 43 heavy (non-hydrogen) atoms. The highest BCUT2D eigenvalue weighted by molar-refractivity contribution is 5.73. The van der Waals surface area contributed by atoms with Crippen LogP contribution in [0.2, 0.25) is 0 Å². The maximum atomic E-state index is 10.6. The van der Waals surface area contributed by atoms with Gasteiger partial charge in [-0.15, -0.1) is 0 Å². The SMILES string of the molecule is COCCn1cnc2c1C1(CCN(Cc3cccnc3)CC1)Oc1ccccc1-2.O=C(O)C(F)(F)F.O=C(O)C(F)(F)F. The van der Waals surface area contributed by atoms with Crippen LogP contribution < -0.4 is 4.74 Å². The molecule has 4 heterocycles. The van der Waals surface area contributed by atoms with E-state index in [9.17, 15) is 26.3 Å². The molecule has 2 aromatic heterocycles. The average molecular weight is 619 g/mol. The number of para-hydroxylation sites is 1. The fourth-order valence-corrected chi connectivity index (χ4v) is 4.59. The molecule has 2 aliphatic heterocycles. The van der Waals surface area contributed by atoms with Crippen molar-refractivity contribution in [3.8, 4) is 17.0 Å². The Balaban J connectivity index is 0.000000303. The van der Waals surface area contributed by atoms with Crippen LogP contribution in [0.1, 0.15) is 24.1 Å². The standard InChI is InChI=1S/C23H26N4O2.2C2HF3O2/c1-28-14-13-27-17-25-21-19-6-2-3-7-20(19)29-23(22(21)27)8-11-26(12-9-23)16-18-5-4-10-24-15-18;2*3-2(4,5)1(6)7/h2-7,10,15,17H,8-9,11-14,16H2,1H3;2*(H,6,7). The molecule has 0 unspecified atom stereocenters. The number of alkyl halides is 6. The van der Waals surface area contributed by atoms with E-state index in [1.54, 1.807) is 7.11 Å². The number of pyridine rings is 1. The molecule has 5 rings (SSSR count). The number of hydrogen-bond donors (Lipinski definition) is 2. The van der Waals surface area contributed by atoms with Gasteiger partial charge in [-0.1, -0.05) is 18.2 Å². The molecule has 2 N–H and O–H groups in total. The Morgan fingerprint density at radius 3 is 2.14 bits per heavy atom. The second-order valence-electron chi connectivity index (χ2n) is 9.46. The molecule has 10 nitrogen and oxygen atoms in total. The van der Waals surface area contributed by atoms with E-state index in [-0.39, 0.29) is 5.60 Å². The van der Waals surface area contributed by atoms with Crippen molar-refractivity contribution in [2.75, 3.05) is 26.8 Å². The average Bonchev–Trinajstić information content (AvgIpc) is 3.39. The number of likely N-dealkylation sites (tertiary alicyclic amines) is 1. The van der Waals surface area contributed by atoms with Gasteiger partial charge in [0, 0.05) is 64.1 Å². The summed E-state index contributed by atoms with van der Waals surface area (Å²) in [5.74, 6) is -4.57. The predicted octanol–water partition coefficient (Wildman–Crippen LogP) is 4.74. The van der Waals surface area contributed by atoms with E-state index in [4.69, 9.17) is 34.3 Å². The smallest absolute Gasteiger partial charge is 0.480 e. The van der Waals surface area contributed by atoms with Gasteiger partial charge >= 0.3 is 24.3 Å². The number of rotatable bonds is 5. The third-order valence-corrected chi connectivity index (χ3v) is 6.53. The first-order chi connectivity index (χ1) is 20.2. The van der Waals surface area contributed by atoms with Crippen molar-refractivity contribution >= 4 is 11.9 Å². The number of fused-ring (bicyclic) bond motifs is 4. The molecular formula is C27H28F6N4O6. The van der Waals surface area contributed by atoms with E-state index < -0.39 is 24.3 Å². The van der Waals surface area contributed by atoms with Gasteiger partial charge in [-0.2, -0.15) is 26.3 Å². The van der Waals surface area contributed by atoms with E-state index in [0.29, 0.717) is 6.61 Å². The van der Waals surface area contributed by atoms with Crippen molar-refractivity contribution in [2.24, 2.45) is 0 Å². The summed E-state index contributed by atoms with van der Waals surface area (Å²) in [5, 5.41) is 14.2. The third-order valence-electron chi connectivity index (χ3n) is 6.53. The number of carboxylic acids is 2. The van der Waals surface area contributed by atoms with Crippen LogP contribution in [-0.4, -0.2) is 80.7 Å². The van der Waals surface area contributed by atoms with Crippen LogP contribution in [-0.2, 0) is 33.0 Å². The number of aliphatic carboxylic acids is 2. The molecule has 0 atom stereocenters. The normalized spacial score (nSPS) is 15.5. The van der Waals surface area contributed by atoms with Crippen molar-refractivity contribution in [3.63, 3.8) is 0 Å². The zero-order chi connectivity index (χ0) is 31.8. The molecule has 0 radical (unpaired) electrons. The number of imidazole rings is 1. The number of carboxylic acid groups (broad SMARTS) is 2. The molecule has 2 aliphatic rings. The minimum absolute atomic E-state index is 0.334. The highest BCUT2D eigenvalue weighted by Crippen LogP contribution is 2.49. The summed E-state index contributed by atoms with van der Waals surface area (Å²) >= 11 is 0. The zero-order valence-corrected chi connectivity index (χ0v) is 22.7. The topological polar surface area (TPSA) is 127 Å². The lowest BCUT2D eigenvalue weighted by Gasteiger charge is -2.44. The van der Waals surface area contributed by atoms with E-state index in [1.807, 2.05) is 30.9 Å². The molecule has 234 valence electrons. The fourth-order valence-electron chi connectivity index (χ4n) is 4.59. The Morgan fingerprint density at radius 1 is 1.00 bits per heavy atom. The number of piperidine rings is 1. The summed E-state index contributed by atoms with van der Waals surface area (Å²) in [4.78, 5) is 29.3. The minimum Gasteiger partial charge on any atom is -0.480 e. The summed E-state index contributed by atoms with van der Waals surface area (Å²) in [7, 11) is 1.74. The van der Waals surface area contributed by atoms with E-state index in [1.165, 1.54) is 11.3 Å². The van der Waals surface area contributed by atoms with Crippen LogP contribution in [0, 0.1) is 0 Å². The number of nitrogens with zero attached hydrogens (tertiary/aromatic N) is 4. The Labute approximate surface area is 241 Å². The third kappa shape index (κ3) is 8.67. The Hall–Kier alpha value is -4.18. The first kappa shape index (κ1) is 33.3. The van der Waals surface area contributed by atoms with Crippen LogP contribution in [0.5, 0.6) is 5.75 Å². The molecular weight excluding hydrogens is 590 g/mol. The fraction of sp³-hybridized carbons (Fsp3) is 0.407. The van der Waals surface area contributed by atoms with Gasteiger partial charge in [0.2, 0.25) is 0 Å². The lowest BCUT2D eigenvalue weighted by atomic mass is 9.83. The highest BCUT2D eigenvalue weighted by atomic mass is 19.4. The quantitative estimate of drug-likeness (QED) is 0.390. The van der Waals surface area contributed by atoms with Crippen LogP contribution in [0.25, 0.3) is 11.3 Å². The monoisotopic (exact) mass is 618 g/mol. The number of hydrogen-bond acceptors (Lipinski definition) is 7. The van der Waals surface area contributed by atoms with Crippen LogP contribution >= 0.6 is 0 Å². The lowest BCUT2D eigenvalue weighted by molar-refractivity contribution is -0.193. The van der Waals surface area contributed by atoms with E-state index >= 15 is 0 Å². The Kier molecular flexibility index (Phi) is 10.7. The second kappa shape index (κ2) is 13.9. The van der Waals surface area contributed by atoms with Gasteiger partial charge < -0.3 is 24.3 Å². The summed E-state index contributed by atoms with van der Waals surface area (Å²) in [5.41, 5.74) is 4.27. The van der Waals surface area contributed by atoms with Crippen molar-refractivity contribution in [1.82, 2.24) is 19.4 Å². The van der Waals surface area contributed by atoms with Gasteiger partial charge in [-0.3, -0.25) is 9.88 Å². The number of methoxy groups -OCH3 is 1. The molecule has 1 spiro atoms. The summed E-state index contributed by atoms with van der Waals surface area (Å²) in [6, 6.07) is 12.4.